The second-order valence-corrected chi connectivity index (χ2v) is 5.76. The molecule has 0 radical (unpaired) electrons. The minimum absolute atomic E-state index is 0.0832. The van der Waals surface area contributed by atoms with Crippen molar-refractivity contribution in [3.05, 3.63) is 0 Å². The van der Waals surface area contributed by atoms with Gasteiger partial charge in [-0.25, -0.2) is 8.42 Å². The Kier molecular flexibility index (Phi) is 7.13. The van der Waals surface area contributed by atoms with Crippen LogP contribution >= 0.6 is 0 Å². The van der Waals surface area contributed by atoms with Crippen molar-refractivity contribution < 1.29 is 17.9 Å². The summed E-state index contributed by atoms with van der Waals surface area (Å²) in [6.45, 7) is 3.83. The monoisotopic (exact) mass is 238 g/mol. The Morgan fingerprint density at radius 3 is 1.47 bits per heavy atom. The van der Waals surface area contributed by atoms with Gasteiger partial charge in [0.15, 0.2) is 9.84 Å². The average Bonchev–Trinajstić information content (AvgIpc) is 2.22. The average molecular weight is 238 g/mol. The molecular weight excluding hydrogens is 216 g/mol. The predicted molar refractivity (Wildman–Crippen MR) is 60.8 cm³/mol. The first-order valence-electron chi connectivity index (χ1n) is 5.25. The fourth-order valence-corrected chi connectivity index (χ4v) is 3.35. The van der Waals surface area contributed by atoms with E-state index in [1.807, 2.05) is 13.8 Å². The van der Waals surface area contributed by atoms with Gasteiger partial charge in [0.05, 0.1) is 23.7 Å². The van der Waals surface area contributed by atoms with Gasteiger partial charge >= 0.3 is 0 Å². The van der Waals surface area contributed by atoms with Gasteiger partial charge in [0.25, 0.3) is 0 Å². The molecule has 0 aliphatic carbocycles. The lowest BCUT2D eigenvalue weighted by Gasteiger charge is -2.16. The summed E-state index contributed by atoms with van der Waals surface area (Å²) in [7, 11) is -0.000428. The van der Waals surface area contributed by atoms with Gasteiger partial charge in [0.2, 0.25) is 0 Å². The summed E-state index contributed by atoms with van der Waals surface area (Å²) in [5.74, 6) is 0.166. The molecule has 0 aliphatic heterocycles. The Labute approximate surface area is 92.9 Å². The van der Waals surface area contributed by atoms with Crippen LogP contribution < -0.4 is 0 Å². The Bertz CT molecular complexity index is 220. The van der Waals surface area contributed by atoms with Gasteiger partial charge in [0.1, 0.15) is 0 Å². The molecule has 15 heavy (non-hydrogen) atoms. The number of methoxy groups -OCH3 is 2. The molecule has 0 bridgehead atoms. The molecule has 0 rings (SSSR count). The fourth-order valence-electron chi connectivity index (χ4n) is 1.34. The van der Waals surface area contributed by atoms with Crippen molar-refractivity contribution in [3.63, 3.8) is 0 Å². The van der Waals surface area contributed by atoms with Crippen molar-refractivity contribution in [1.29, 1.82) is 0 Å². The van der Waals surface area contributed by atoms with Crippen LogP contribution in [0.5, 0.6) is 0 Å². The SMILES string of the molecule is CCC(CS(=O)(=O)CC(CC)OC)OC. The minimum atomic E-state index is -3.08. The van der Waals surface area contributed by atoms with E-state index in [1.54, 1.807) is 0 Å². The second kappa shape index (κ2) is 7.19. The van der Waals surface area contributed by atoms with Crippen molar-refractivity contribution in [2.75, 3.05) is 25.7 Å². The summed E-state index contributed by atoms with van der Waals surface area (Å²) in [4.78, 5) is 0. The number of sulfone groups is 1. The Hall–Kier alpha value is -0.130. The Morgan fingerprint density at radius 1 is 0.933 bits per heavy atom. The van der Waals surface area contributed by atoms with E-state index < -0.39 is 9.84 Å². The van der Waals surface area contributed by atoms with E-state index >= 15 is 0 Å². The molecule has 0 amide bonds. The fraction of sp³-hybridized carbons (Fsp3) is 1.00. The van der Waals surface area contributed by atoms with E-state index in [-0.39, 0.29) is 23.7 Å². The maximum absolute atomic E-state index is 11.7. The third-order valence-corrected chi connectivity index (χ3v) is 4.22. The molecule has 5 heteroatoms. The van der Waals surface area contributed by atoms with Crippen LogP contribution in [0.25, 0.3) is 0 Å². The van der Waals surface area contributed by atoms with E-state index in [4.69, 9.17) is 9.47 Å². The van der Waals surface area contributed by atoms with Crippen LogP contribution in [0.1, 0.15) is 26.7 Å². The molecule has 0 aliphatic rings. The summed E-state index contributed by atoms with van der Waals surface area (Å²) in [6.07, 6.45) is 1.01. The second-order valence-electron chi connectivity index (χ2n) is 3.61. The van der Waals surface area contributed by atoms with Gasteiger partial charge < -0.3 is 9.47 Å². The smallest absolute Gasteiger partial charge is 0.155 e. The van der Waals surface area contributed by atoms with Crippen molar-refractivity contribution in [2.24, 2.45) is 0 Å². The highest BCUT2D eigenvalue weighted by Crippen LogP contribution is 2.07. The molecule has 0 aromatic heterocycles. The van der Waals surface area contributed by atoms with E-state index in [2.05, 4.69) is 0 Å². The molecule has 0 heterocycles. The van der Waals surface area contributed by atoms with E-state index in [9.17, 15) is 8.42 Å². The van der Waals surface area contributed by atoms with Gasteiger partial charge in [-0.05, 0) is 12.8 Å². The van der Waals surface area contributed by atoms with Gasteiger partial charge in [-0.3, -0.25) is 0 Å². The summed E-state index contributed by atoms with van der Waals surface area (Å²) >= 11 is 0. The topological polar surface area (TPSA) is 52.6 Å². The van der Waals surface area contributed by atoms with Crippen LogP contribution in [0.4, 0.5) is 0 Å². The highest BCUT2D eigenvalue weighted by Gasteiger charge is 2.21. The standard InChI is InChI=1S/C10H22O4S/c1-5-9(13-3)7-15(11,12)8-10(6-2)14-4/h9-10H,5-8H2,1-4H3. The number of ether oxygens (including phenoxy) is 2. The predicted octanol–water partition coefficient (Wildman–Crippen LogP) is 1.25. The Balaban J connectivity index is 4.29. The lowest BCUT2D eigenvalue weighted by Crippen LogP contribution is -2.30. The summed E-state index contributed by atoms with van der Waals surface area (Å²) in [5, 5.41) is 0. The van der Waals surface area contributed by atoms with Crippen LogP contribution in [0.2, 0.25) is 0 Å². The maximum Gasteiger partial charge on any atom is 0.155 e. The highest BCUT2D eigenvalue weighted by molar-refractivity contribution is 7.91. The van der Waals surface area contributed by atoms with Crippen LogP contribution in [0.3, 0.4) is 0 Å². The Morgan fingerprint density at radius 2 is 1.27 bits per heavy atom. The summed E-state index contributed by atoms with van der Waals surface area (Å²) in [5.41, 5.74) is 0. The molecular formula is C10H22O4S. The van der Waals surface area contributed by atoms with Gasteiger partial charge in [-0.15, -0.1) is 0 Å². The lowest BCUT2D eigenvalue weighted by molar-refractivity contribution is 0.112. The molecule has 2 unspecified atom stereocenters. The quantitative estimate of drug-likeness (QED) is 0.638. The van der Waals surface area contributed by atoms with Crippen molar-refractivity contribution >= 4 is 9.84 Å². The van der Waals surface area contributed by atoms with Gasteiger partial charge in [-0.2, -0.15) is 0 Å². The van der Waals surface area contributed by atoms with Gasteiger partial charge in [0, 0.05) is 14.2 Å². The molecule has 4 nitrogen and oxygen atoms in total. The summed E-state index contributed by atoms with van der Waals surface area (Å²) < 4.78 is 33.6. The molecule has 0 spiro atoms. The van der Waals surface area contributed by atoms with Crippen LogP contribution in [0, 0.1) is 0 Å². The highest BCUT2D eigenvalue weighted by atomic mass is 32.2. The first-order valence-corrected chi connectivity index (χ1v) is 7.07. The lowest BCUT2D eigenvalue weighted by atomic mass is 10.3. The third kappa shape index (κ3) is 6.12. The van der Waals surface area contributed by atoms with Crippen LogP contribution in [-0.2, 0) is 19.3 Å². The van der Waals surface area contributed by atoms with E-state index in [0.717, 1.165) is 0 Å². The van der Waals surface area contributed by atoms with Crippen molar-refractivity contribution in [2.45, 2.75) is 38.9 Å². The zero-order valence-electron chi connectivity index (χ0n) is 10.0. The molecule has 0 saturated carbocycles. The van der Waals surface area contributed by atoms with E-state index in [1.165, 1.54) is 14.2 Å². The molecule has 92 valence electrons. The molecule has 0 fully saturated rings. The summed E-state index contributed by atoms with van der Waals surface area (Å²) in [6, 6.07) is 0. The largest absolute Gasteiger partial charge is 0.380 e. The first-order chi connectivity index (χ1) is 6.99. The van der Waals surface area contributed by atoms with Crippen molar-refractivity contribution in [3.8, 4) is 0 Å². The number of rotatable bonds is 8. The molecule has 0 N–H and O–H groups in total. The molecule has 0 aromatic rings. The zero-order chi connectivity index (χ0) is 11.9. The van der Waals surface area contributed by atoms with Crippen LogP contribution in [-0.4, -0.2) is 46.4 Å². The normalized spacial score (nSPS) is 16.3. The zero-order valence-corrected chi connectivity index (χ0v) is 10.8. The molecule has 0 aromatic carbocycles. The third-order valence-electron chi connectivity index (χ3n) is 2.46. The minimum Gasteiger partial charge on any atom is -0.380 e. The number of hydrogen-bond donors (Lipinski definition) is 0. The molecule has 0 saturated heterocycles. The van der Waals surface area contributed by atoms with Crippen LogP contribution in [0.15, 0.2) is 0 Å². The van der Waals surface area contributed by atoms with Crippen molar-refractivity contribution in [1.82, 2.24) is 0 Å². The van der Waals surface area contributed by atoms with E-state index in [0.29, 0.717) is 12.8 Å². The van der Waals surface area contributed by atoms with Gasteiger partial charge in [-0.1, -0.05) is 13.8 Å². The number of hydrogen-bond acceptors (Lipinski definition) is 4. The molecule has 2 atom stereocenters. The maximum atomic E-state index is 11.7. The first kappa shape index (κ1) is 14.9.